The molecule has 1 heterocycles. The maximum atomic E-state index is 14.2. The Balaban J connectivity index is 1.78. The van der Waals surface area contributed by atoms with E-state index in [1.54, 1.807) is 0 Å². The molecule has 11 heteroatoms. The van der Waals surface area contributed by atoms with Crippen molar-refractivity contribution in [1.82, 2.24) is 10.2 Å². The van der Waals surface area contributed by atoms with Gasteiger partial charge < -0.3 is 0 Å². The molecule has 0 unspecified atom stereocenters. The monoisotopic (exact) mass is 463 g/mol. The number of anilines is 1. The molecule has 4 rings (SSSR count). The van der Waals surface area contributed by atoms with Crippen LogP contribution in [0.1, 0.15) is 0 Å². The third kappa shape index (κ3) is 4.01. The van der Waals surface area contributed by atoms with Crippen LogP contribution in [-0.2, 0) is 19.9 Å². The van der Waals surface area contributed by atoms with Gasteiger partial charge in [0.05, 0.1) is 10.4 Å². The minimum Gasteiger partial charge on any atom is -0.280 e. The summed E-state index contributed by atoms with van der Waals surface area (Å²) in [7, 11) is -8.05. The average molecular weight is 463 g/mol. The number of sulfonamides is 1. The molecule has 0 amide bonds. The first kappa shape index (κ1) is 20.9. The molecule has 0 spiro atoms. The van der Waals surface area contributed by atoms with Crippen molar-refractivity contribution in [2.45, 2.75) is 9.79 Å². The number of halogens is 2. The average Bonchev–Trinajstić information content (AvgIpc) is 3.10. The predicted molar refractivity (Wildman–Crippen MR) is 112 cm³/mol. The summed E-state index contributed by atoms with van der Waals surface area (Å²) in [6, 6.07) is 12.7. The maximum absolute atomic E-state index is 14.2. The Morgan fingerprint density at radius 2 is 1.61 bits per heavy atom. The molecule has 0 radical (unpaired) electrons. The molecule has 0 saturated carbocycles. The lowest BCUT2D eigenvalue weighted by Crippen LogP contribution is -2.16. The molecule has 0 bridgehead atoms. The van der Waals surface area contributed by atoms with Crippen LogP contribution in [-0.4, -0.2) is 33.3 Å². The molecule has 0 aliphatic heterocycles. The summed E-state index contributed by atoms with van der Waals surface area (Å²) >= 11 is 0. The highest BCUT2D eigenvalue weighted by molar-refractivity contribution is 7.95. The molecule has 160 valence electrons. The highest BCUT2D eigenvalue weighted by Gasteiger charge is 2.24. The predicted octanol–water partition coefficient (Wildman–Crippen LogP) is 3.71. The normalized spacial score (nSPS) is 12.2. The maximum Gasteiger partial charge on any atom is 0.263 e. The Kier molecular flexibility index (Phi) is 5.02. The highest BCUT2D eigenvalue weighted by atomic mass is 32.2. The summed E-state index contributed by atoms with van der Waals surface area (Å²) in [5.41, 5.74) is 0.819. The number of H-pyrrole nitrogens is 1. The molecule has 3 aromatic carbocycles. The largest absolute Gasteiger partial charge is 0.280 e. The number of hydrogen-bond donors (Lipinski definition) is 2. The van der Waals surface area contributed by atoms with Gasteiger partial charge in [-0.1, -0.05) is 12.1 Å². The number of nitrogens with zero attached hydrogens (tertiary/aromatic N) is 1. The van der Waals surface area contributed by atoms with Crippen molar-refractivity contribution >= 4 is 36.5 Å². The number of aromatic amines is 1. The Bertz CT molecular complexity index is 1530. The van der Waals surface area contributed by atoms with Crippen molar-refractivity contribution in [2.24, 2.45) is 0 Å². The Hall–Kier alpha value is -3.31. The number of hydrogen-bond acceptors (Lipinski definition) is 5. The second kappa shape index (κ2) is 7.43. The van der Waals surface area contributed by atoms with E-state index in [9.17, 15) is 25.6 Å². The molecule has 0 aliphatic rings. The van der Waals surface area contributed by atoms with E-state index >= 15 is 0 Å². The van der Waals surface area contributed by atoms with Gasteiger partial charge in [0.25, 0.3) is 10.0 Å². The van der Waals surface area contributed by atoms with E-state index in [1.807, 2.05) is 0 Å². The zero-order valence-corrected chi connectivity index (χ0v) is 17.6. The summed E-state index contributed by atoms with van der Waals surface area (Å²) in [6.45, 7) is 0. The van der Waals surface area contributed by atoms with Crippen molar-refractivity contribution in [3.63, 3.8) is 0 Å². The SMILES string of the molecule is CS(=O)(=O)c1ccccc1S(=O)(=O)Nc1ccc2[nH]nc(-c3ccc(F)cc3F)c2c1. The number of rotatable bonds is 5. The third-order valence-corrected chi connectivity index (χ3v) is 7.26. The molecule has 0 atom stereocenters. The first-order chi connectivity index (χ1) is 14.6. The fraction of sp³-hybridized carbons (Fsp3) is 0.0500. The second-order valence-electron chi connectivity index (χ2n) is 6.78. The van der Waals surface area contributed by atoms with E-state index in [1.165, 1.54) is 48.5 Å². The second-order valence-corrected chi connectivity index (χ2v) is 10.4. The lowest BCUT2D eigenvalue weighted by Gasteiger charge is -2.11. The first-order valence-corrected chi connectivity index (χ1v) is 12.2. The molecule has 7 nitrogen and oxygen atoms in total. The minimum atomic E-state index is -4.25. The zero-order valence-electron chi connectivity index (χ0n) is 15.9. The van der Waals surface area contributed by atoms with Crippen LogP contribution in [0, 0.1) is 11.6 Å². The molecule has 1 aromatic heterocycles. The van der Waals surface area contributed by atoms with Crippen LogP contribution in [0.3, 0.4) is 0 Å². The summed E-state index contributed by atoms with van der Waals surface area (Å²) in [5.74, 6) is -1.56. The minimum absolute atomic E-state index is 0.0371. The van der Waals surface area contributed by atoms with Crippen molar-refractivity contribution in [3.8, 4) is 11.3 Å². The molecule has 2 N–H and O–H groups in total. The van der Waals surface area contributed by atoms with Crippen LogP contribution in [0.2, 0.25) is 0 Å². The Morgan fingerprint density at radius 3 is 2.29 bits per heavy atom. The molecule has 0 saturated heterocycles. The number of sulfone groups is 1. The van der Waals surface area contributed by atoms with Crippen molar-refractivity contribution in [1.29, 1.82) is 0 Å². The number of benzene rings is 3. The molecular weight excluding hydrogens is 448 g/mol. The fourth-order valence-electron chi connectivity index (χ4n) is 3.15. The number of fused-ring (bicyclic) bond motifs is 1. The van der Waals surface area contributed by atoms with Gasteiger partial charge in [0.2, 0.25) is 0 Å². The number of nitrogens with one attached hydrogen (secondary N) is 2. The summed E-state index contributed by atoms with van der Waals surface area (Å²) in [5, 5.41) is 7.16. The van der Waals surface area contributed by atoms with Gasteiger partial charge in [-0.2, -0.15) is 5.10 Å². The van der Waals surface area contributed by atoms with Crippen LogP contribution >= 0.6 is 0 Å². The van der Waals surface area contributed by atoms with E-state index in [0.717, 1.165) is 18.4 Å². The molecule has 0 fully saturated rings. The Labute approximate surface area is 176 Å². The Morgan fingerprint density at radius 1 is 0.903 bits per heavy atom. The van der Waals surface area contributed by atoms with Gasteiger partial charge in [-0.05, 0) is 42.5 Å². The zero-order chi connectivity index (χ0) is 22.4. The van der Waals surface area contributed by atoms with Gasteiger partial charge in [0.15, 0.2) is 9.84 Å². The number of aromatic nitrogens is 2. The standard InChI is InChI=1S/C20H15F2N3O4S2/c1-30(26,27)18-4-2-3-5-19(18)31(28,29)25-13-7-9-17-15(11-13)20(24-23-17)14-8-6-12(21)10-16(14)22/h2-11,25H,1H3,(H,23,24). The van der Waals surface area contributed by atoms with E-state index in [2.05, 4.69) is 14.9 Å². The van der Waals surface area contributed by atoms with Gasteiger partial charge in [-0.15, -0.1) is 0 Å². The van der Waals surface area contributed by atoms with Crippen molar-refractivity contribution < 1.29 is 25.6 Å². The first-order valence-electron chi connectivity index (χ1n) is 8.82. The van der Waals surface area contributed by atoms with Crippen LogP contribution < -0.4 is 4.72 Å². The van der Waals surface area contributed by atoms with Gasteiger partial charge >= 0.3 is 0 Å². The summed E-state index contributed by atoms with van der Waals surface area (Å²) < 4.78 is 79.6. The van der Waals surface area contributed by atoms with Crippen LogP contribution in [0.15, 0.2) is 70.5 Å². The van der Waals surface area contributed by atoms with Crippen LogP contribution in [0.5, 0.6) is 0 Å². The van der Waals surface area contributed by atoms with Gasteiger partial charge in [0.1, 0.15) is 22.2 Å². The molecule has 31 heavy (non-hydrogen) atoms. The van der Waals surface area contributed by atoms with Gasteiger partial charge in [-0.3, -0.25) is 9.82 Å². The third-order valence-electron chi connectivity index (χ3n) is 4.54. The van der Waals surface area contributed by atoms with Gasteiger partial charge in [-0.25, -0.2) is 25.6 Å². The molecule has 0 aliphatic carbocycles. The van der Waals surface area contributed by atoms with Gasteiger partial charge in [0, 0.05) is 29.0 Å². The fourth-order valence-corrected chi connectivity index (χ4v) is 5.83. The van der Waals surface area contributed by atoms with Crippen LogP contribution in [0.25, 0.3) is 22.2 Å². The summed E-state index contributed by atoms with van der Waals surface area (Å²) in [4.78, 5) is -0.726. The van der Waals surface area contributed by atoms with Crippen molar-refractivity contribution in [3.05, 3.63) is 72.3 Å². The highest BCUT2D eigenvalue weighted by Crippen LogP contribution is 2.31. The van der Waals surface area contributed by atoms with E-state index in [-0.39, 0.29) is 21.8 Å². The van der Waals surface area contributed by atoms with Crippen molar-refractivity contribution in [2.75, 3.05) is 11.0 Å². The summed E-state index contributed by atoms with van der Waals surface area (Å²) in [6.07, 6.45) is 0.919. The lowest BCUT2D eigenvalue weighted by molar-refractivity contribution is 0.585. The molecular formula is C20H15F2N3O4S2. The van der Waals surface area contributed by atoms with E-state index in [4.69, 9.17) is 0 Å². The van der Waals surface area contributed by atoms with E-state index in [0.29, 0.717) is 10.9 Å². The van der Waals surface area contributed by atoms with E-state index < -0.39 is 36.4 Å². The van der Waals surface area contributed by atoms with Crippen LogP contribution in [0.4, 0.5) is 14.5 Å². The molecule has 4 aromatic rings. The topological polar surface area (TPSA) is 109 Å². The quantitative estimate of drug-likeness (QED) is 0.469. The lowest BCUT2D eigenvalue weighted by atomic mass is 10.1. The smallest absolute Gasteiger partial charge is 0.263 e.